The number of nitrogens with one attached hydrogen (secondary N) is 1. The molecule has 0 bridgehead atoms. The number of aliphatic hydroxyl groups excluding tert-OH is 1. The fourth-order valence-electron chi connectivity index (χ4n) is 9.35. The number of rotatable bonds is 5. The van der Waals surface area contributed by atoms with Gasteiger partial charge in [-0.3, -0.25) is 0 Å². The lowest BCUT2D eigenvalue weighted by Crippen LogP contribution is -2.34. The molecule has 0 radical (unpaired) electrons. The zero-order valence-corrected chi connectivity index (χ0v) is 28.7. The Morgan fingerprint density at radius 2 is 1.52 bits per heavy atom. The molecule has 4 unspecified atom stereocenters. The molecule has 0 aromatic heterocycles. The van der Waals surface area contributed by atoms with E-state index in [9.17, 15) is 5.11 Å². The Bertz CT molecular complexity index is 2510. The highest BCUT2D eigenvalue weighted by Crippen LogP contribution is 2.66. The normalized spacial score (nSPS) is 23.1. The fraction of sp³-hybridized carbons (Fsp3) is 0.102. The number of nitrogen functional groups attached to an aromatic ring is 1. The van der Waals surface area contributed by atoms with Crippen LogP contribution in [-0.2, 0) is 11.8 Å². The molecule has 3 nitrogen and oxygen atoms in total. The lowest BCUT2D eigenvalue weighted by Gasteiger charge is -2.37. The van der Waals surface area contributed by atoms with Gasteiger partial charge in [0.1, 0.15) is 5.76 Å². The molecule has 4 aliphatic carbocycles. The highest BCUT2D eigenvalue weighted by Gasteiger charge is 2.58. The molecule has 10 rings (SSSR count). The highest BCUT2D eigenvalue weighted by atomic mass is 16.3. The molecule has 4 N–H and O–H groups in total. The molecule has 3 heteroatoms. The van der Waals surface area contributed by atoms with Gasteiger partial charge < -0.3 is 16.2 Å². The first-order valence-electron chi connectivity index (χ1n) is 18.2. The molecule has 0 saturated heterocycles. The van der Waals surface area contributed by atoms with Crippen LogP contribution in [-0.4, -0.2) is 11.1 Å². The molecule has 1 aliphatic heterocycles. The number of allylic oxidation sites excluding steroid dienone is 8. The first-order chi connectivity index (χ1) is 25.6. The summed E-state index contributed by atoms with van der Waals surface area (Å²) in [5, 5.41) is 15.4. The third-order valence-corrected chi connectivity index (χ3v) is 11.7. The van der Waals surface area contributed by atoms with Gasteiger partial charge in [0.2, 0.25) is 0 Å². The summed E-state index contributed by atoms with van der Waals surface area (Å²) < 4.78 is 0. The van der Waals surface area contributed by atoms with Gasteiger partial charge in [-0.15, -0.1) is 0 Å². The largest absolute Gasteiger partial charge is 0.508 e. The predicted octanol–water partition coefficient (Wildman–Crippen LogP) is 10.5. The molecule has 0 fully saturated rings. The summed E-state index contributed by atoms with van der Waals surface area (Å²) in [4.78, 5) is 0. The number of hydrogen-bond donors (Lipinski definition) is 3. The van der Waals surface area contributed by atoms with Crippen molar-refractivity contribution in [2.24, 2.45) is 5.92 Å². The second-order valence-electron chi connectivity index (χ2n) is 14.4. The summed E-state index contributed by atoms with van der Waals surface area (Å²) in [7, 11) is 0. The fourth-order valence-corrected chi connectivity index (χ4v) is 9.35. The van der Waals surface area contributed by atoms with Gasteiger partial charge in [0.25, 0.3) is 0 Å². The van der Waals surface area contributed by atoms with Crippen molar-refractivity contribution in [2.75, 3.05) is 5.73 Å². The molecular weight excluding hydrogens is 633 g/mol. The zero-order chi connectivity index (χ0) is 34.8. The Morgan fingerprint density at radius 1 is 0.731 bits per heavy atom. The maximum atomic E-state index is 11.6. The van der Waals surface area contributed by atoms with Crippen LogP contribution in [0.2, 0.25) is 0 Å². The summed E-state index contributed by atoms with van der Waals surface area (Å²) in [6.07, 6.45) is 22.7. The van der Waals surface area contributed by atoms with Gasteiger partial charge in [-0.1, -0.05) is 152 Å². The van der Waals surface area contributed by atoms with Crippen LogP contribution in [0.25, 0.3) is 28.5 Å². The summed E-state index contributed by atoms with van der Waals surface area (Å²) >= 11 is 0. The number of fused-ring (bicyclic) bond motifs is 11. The van der Waals surface area contributed by atoms with E-state index >= 15 is 0 Å². The Hall–Kier alpha value is -6.32. The maximum absolute atomic E-state index is 11.6. The van der Waals surface area contributed by atoms with Crippen LogP contribution in [0.4, 0.5) is 5.69 Å². The molecule has 4 atom stereocenters. The molecule has 5 aromatic carbocycles. The van der Waals surface area contributed by atoms with Crippen LogP contribution in [0.5, 0.6) is 0 Å². The lowest BCUT2D eigenvalue weighted by molar-refractivity contribution is 0.406. The second kappa shape index (κ2) is 11.9. The van der Waals surface area contributed by atoms with Crippen molar-refractivity contribution >= 4 is 23.0 Å². The van der Waals surface area contributed by atoms with Crippen LogP contribution in [0, 0.1) is 5.92 Å². The van der Waals surface area contributed by atoms with Crippen molar-refractivity contribution in [1.29, 1.82) is 0 Å². The zero-order valence-electron chi connectivity index (χ0n) is 28.7. The van der Waals surface area contributed by atoms with Crippen molar-refractivity contribution in [1.82, 2.24) is 5.32 Å². The molecule has 250 valence electrons. The number of hydrogen-bond acceptors (Lipinski definition) is 3. The van der Waals surface area contributed by atoms with Crippen LogP contribution >= 0.6 is 0 Å². The maximum Gasteiger partial charge on any atom is 0.119 e. The number of anilines is 1. The number of nitrogens with two attached hydrogens (primary N) is 1. The first kappa shape index (κ1) is 30.5. The van der Waals surface area contributed by atoms with E-state index in [-0.39, 0.29) is 17.9 Å². The molecular formula is C49H38N2O. The van der Waals surface area contributed by atoms with E-state index in [0.717, 1.165) is 34.5 Å². The second-order valence-corrected chi connectivity index (χ2v) is 14.4. The van der Waals surface area contributed by atoms with Gasteiger partial charge in [0, 0.05) is 28.8 Å². The van der Waals surface area contributed by atoms with Crippen molar-refractivity contribution in [3.63, 3.8) is 0 Å². The van der Waals surface area contributed by atoms with Gasteiger partial charge in [0.05, 0.1) is 11.5 Å². The summed E-state index contributed by atoms with van der Waals surface area (Å²) in [5.74, 6) is 0.416. The Labute approximate surface area is 304 Å². The van der Waals surface area contributed by atoms with Crippen LogP contribution in [0.1, 0.15) is 50.4 Å². The van der Waals surface area contributed by atoms with Crippen LogP contribution in [0.3, 0.4) is 0 Å². The Morgan fingerprint density at radius 3 is 2.40 bits per heavy atom. The summed E-state index contributed by atoms with van der Waals surface area (Å²) in [5.41, 5.74) is 22.2. The first-order valence-corrected chi connectivity index (χ1v) is 18.2. The third-order valence-electron chi connectivity index (χ3n) is 11.7. The van der Waals surface area contributed by atoms with E-state index in [1.54, 1.807) is 0 Å². The van der Waals surface area contributed by atoms with Gasteiger partial charge in [-0.25, -0.2) is 0 Å². The van der Waals surface area contributed by atoms with Gasteiger partial charge >= 0.3 is 0 Å². The van der Waals surface area contributed by atoms with Crippen molar-refractivity contribution in [2.45, 2.75) is 23.8 Å². The van der Waals surface area contributed by atoms with Crippen LogP contribution < -0.4 is 11.1 Å². The Balaban J connectivity index is 1.18. The minimum atomic E-state index is -0.466. The lowest BCUT2D eigenvalue weighted by atomic mass is 9.64. The molecule has 52 heavy (non-hydrogen) atoms. The number of aliphatic hydroxyl groups is 1. The van der Waals surface area contributed by atoms with Gasteiger partial charge in [-0.05, 0) is 91.9 Å². The van der Waals surface area contributed by atoms with E-state index in [2.05, 4.69) is 145 Å². The number of dihydropyridines is 1. The van der Waals surface area contributed by atoms with Crippen molar-refractivity contribution in [3.8, 4) is 11.1 Å². The average Bonchev–Trinajstić information content (AvgIpc) is 3.64. The molecule has 1 spiro atoms. The highest BCUT2D eigenvalue weighted by molar-refractivity contribution is 5.90. The molecule has 5 aromatic rings. The molecule has 0 amide bonds. The SMILES string of the molecule is Nc1ccccc1/C=C\Cc1ccc2c(c1)C1(c3cc(C4=CC=C5C=CC=CC5N4)ccc3-2)c2ccccc2C2C=C(O)C(c3ccccc3)=CC21. The number of benzene rings is 5. The average molecular weight is 671 g/mol. The summed E-state index contributed by atoms with van der Waals surface area (Å²) in [6.45, 7) is 0. The quantitative estimate of drug-likeness (QED) is 0.163. The molecule has 1 heterocycles. The van der Waals surface area contributed by atoms with Crippen molar-refractivity contribution < 1.29 is 5.11 Å². The standard InChI is InChI=1S/C49H38N2O/c50-45-19-8-4-14-33(45)16-10-11-31-21-24-37-38-25-22-35(47-26-23-34-15-5-9-20-46(34)51-47)28-43(38)49(42(37)27-31)41-18-7-6-17-36(41)40-30-48(52)39(29-44(40)49)32-12-2-1-3-13-32/h1-10,12-30,40,44,46,51-52H,11,50H2/b16-10-. The monoisotopic (exact) mass is 670 g/mol. The number of para-hydroxylation sites is 1. The van der Waals surface area contributed by atoms with Crippen molar-refractivity contribution in [3.05, 3.63) is 226 Å². The van der Waals surface area contributed by atoms with E-state index in [1.165, 1.54) is 50.1 Å². The van der Waals surface area contributed by atoms with Gasteiger partial charge in [0.15, 0.2) is 0 Å². The summed E-state index contributed by atoms with van der Waals surface area (Å²) in [6, 6.07) is 41.5. The third kappa shape index (κ3) is 4.59. The van der Waals surface area contributed by atoms with E-state index < -0.39 is 5.41 Å². The minimum Gasteiger partial charge on any atom is -0.508 e. The van der Waals surface area contributed by atoms with Crippen LogP contribution in [0.15, 0.2) is 181 Å². The van der Waals surface area contributed by atoms with E-state index in [0.29, 0.717) is 5.76 Å². The van der Waals surface area contributed by atoms with E-state index in [4.69, 9.17) is 5.73 Å². The smallest absolute Gasteiger partial charge is 0.119 e. The minimum absolute atomic E-state index is 0.0207. The Kier molecular flexibility index (Phi) is 6.97. The molecule has 5 aliphatic rings. The van der Waals surface area contributed by atoms with Gasteiger partial charge in [-0.2, -0.15) is 0 Å². The van der Waals surface area contributed by atoms with E-state index in [1.807, 2.05) is 36.4 Å². The predicted molar refractivity (Wildman–Crippen MR) is 214 cm³/mol. The topological polar surface area (TPSA) is 58.3 Å². The molecule has 0 saturated carbocycles.